The zero-order valence-electron chi connectivity index (χ0n) is 9.63. The van der Waals surface area contributed by atoms with Crippen molar-refractivity contribution >= 4 is 11.6 Å². The van der Waals surface area contributed by atoms with E-state index >= 15 is 0 Å². The number of ether oxygens (including phenoxy) is 2. The fourth-order valence-electron chi connectivity index (χ4n) is 1.33. The summed E-state index contributed by atoms with van der Waals surface area (Å²) in [7, 11) is 3.26. The second-order valence-electron chi connectivity index (χ2n) is 4.09. The normalized spacial score (nSPS) is 11.3. The van der Waals surface area contributed by atoms with Crippen LogP contribution in [0, 0.1) is 0 Å². The highest BCUT2D eigenvalue weighted by Gasteiger charge is 2.20. The summed E-state index contributed by atoms with van der Waals surface area (Å²) in [4.78, 5) is 0. The Morgan fingerprint density at radius 3 is 2.20 bits per heavy atom. The van der Waals surface area contributed by atoms with Gasteiger partial charge in [-0.05, 0) is 17.7 Å². The van der Waals surface area contributed by atoms with Gasteiger partial charge in [-0.1, -0.05) is 19.9 Å². The van der Waals surface area contributed by atoms with E-state index in [-0.39, 0.29) is 5.41 Å². The van der Waals surface area contributed by atoms with Crippen LogP contribution in [0.3, 0.4) is 0 Å². The molecule has 15 heavy (non-hydrogen) atoms. The van der Waals surface area contributed by atoms with E-state index in [1.54, 1.807) is 14.2 Å². The highest BCUT2D eigenvalue weighted by molar-refractivity contribution is 6.18. The third-order valence-electron chi connectivity index (χ3n) is 2.50. The first-order chi connectivity index (χ1) is 7.05. The predicted molar refractivity (Wildman–Crippen MR) is 63.3 cm³/mol. The smallest absolute Gasteiger partial charge is 0.161 e. The maximum Gasteiger partial charge on any atom is 0.161 e. The van der Waals surface area contributed by atoms with Crippen molar-refractivity contribution in [3.8, 4) is 11.5 Å². The summed E-state index contributed by atoms with van der Waals surface area (Å²) in [5, 5.41) is 0. The molecule has 0 radical (unpaired) electrons. The SMILES string of the molecule is COc1ccc(C(C)(C)CCl)cc1OC. The van der Waals surface area contributed by atoms with Gasteiger partial charge in [-0.25, -0.2) is 0 Å². The van der Waals surface area contributed by atoms with Crippen LogP contribution in [0.4, 0.5) is 0 Å². The van der Waals surface area contributed by atoms with Crippen molar-refractivity contribution in [3.05, 3.63) is 23.8 Å². The predicted octanol–water partition coefficient (Wildman–Crippen LogP) is 3.22. The molecule has 0 aliphatic rings. The molecule has 0 aliphatic carbocycles. The Morgan fingerprint density at radius 1 is 1.13 bits per heavy atom. The molecular weight excluding hydrogens is 212 g/mol. The van der Waals surface area contributed by atoms with Crippen LogP contribution in [-0.4, -0.2) is 20.1 Å². The average Bonchev–Trinajstić information content (AvgIpc) is 2.28. The Kier molecular flexibility index (Phi) is 3.86. The quantitative estimate of drug-likeness (QED) is 0.737. The molecule has 1 aromatic carbocycles. The lowest BCUT2D eigenvalue weighted by Crippen LogP contribution is -2.19. The van der Waals surface area contributed by atoms with Gasteiger partial charge < -0.3 is 9.47 Å². The average molecular weight is 229 g/mol. The largest absolute Gasteiger partial charge is 0.493 e. The molecule has 0 spiro atoms. The summed E-state index contributed by atoms with van der Waals surface area (Å²) in [5.41, 5.74) is 1.09. The summed E-state index contributed by atoms with van der Waals surface area (Å²) < 4.78 is 10.4. The molecule has 1 aromatic rings. The van der Waals surface area contributed by atoms with Gasteiger partial charge >= 0.3 is 0 Å². The van der Waals surface area contributed by atoms with Gasteiger partial charge in [0.2, 0.25) is 0 Å². The molecule has 84 valence electrons. The van der Waals surface area contributed by atoms with Gasteiger partial charge in [-0.15, -0.1) is 11.6 Å². The molecule has 0 bridgehead atoms. The van der Waals surface area contributed by atoms with Crippen molar-refractivity contribution in [2.24, 2.45) is 0 Å². The molecule has 0 aromatic heterocycles. The lowest BCUT2D eigenvalue weighted by atomic mass is 9.86. The van der Waals surface area contributed by atoms with E-state index in [0.29, 0.717) is 5.88 Å². The number of alkyl halides is 1. The Morgan fingerprint density at radius 2 is 1.73 bits per heavy atom. The van der Waals surface area contributed by atoms with Crippen molar-refractivity contribution in [2.75, 3.05) is 20.1 Å². The molecule has 1 rings (SSSR count). The Balaban J connectivity index is 3.13. The van der Waals surface area contributed by atoms with Gasteiger partial charge in [0.05, 0.1) is 14.2 Å². The van der Waals surface area contributed by atoms with Gasteiger partial charge in [-0.2, -0.15) is 0 Å². The Bertz CT molecular complexity index is 334. The molecule has 0 atom stereocenters. The molecule has 0 heterocycles. The number of hydrogen-bond donors (Lipinski definition) is 0. The highest BCUT2D eigenvalue weighted by atomic mass is 35.5. The molecular formula is C12H17ClO2. The van der Waals surface area contributed by atoms with E-state index in [1.165, 1.54) is 0 Å². The Hall–Kier alpha value is -0.890. The summed E-state index contributed by atoms with van der Waals surface area (Å²) in [6, 6.07) is 5.90. The molecule has 3 heteroatoms. The lowest BCUT2D eigenvalue weighted by molar-refractivity contribution is 0.353. The number of methoxy groups -OCH3 is 2. The van der Waals surface area contributed by atoms with Gasteiger partial charge in [0.25, 0.3) is 0 Å². The molecule has 0 fully saturated rings. The van der Waals surface area contributed by atoms with Crippen molar-refractivity contribution in [3.63, 3.8) is 0 Å². The zero-order valence-corrected chi connectivity index (χ0v) is 10.4. The van der Waals surface area contributed by atoms with Crippen LogP contribution in [0.2, 0.25) is 0 Å². The van der Waals surface area contributed by atoms with Crippen molar-refractivity contribution in [2.45, 2.75) is 19.3 Å². The summed E-state index contributed by atoms with van der Waals surface area (Å²) in [6.07, 6.45) is 0. The molecule has 2 nitrogen and oxygen atoms in total. The van der Waals surface area contributed by atoms with Crippen molar-refractivity contribution in [1.29, 1.82) is 0 Å². The van der Waals surface area contributed by atoms with Crippen molar-refractivity contribution in [1.82, 2.24) is 0 Å². The summed E-state index contributed by atoms with van der Waals surface area (Å²) in [6.45, 7) is 4.20. The fourth-order valence-corrected chi connectivity index (χ4v) is 1.49. The molecule has 0 saturated carbocycles. The van der Waals surface area contributed by atoms with E-state index in [1.807, 2.05) is 18.2 Å². The van der Waals surface area contributed by atoms with Gasteiger partial charge in [0.15, 0.2) is 11.5 Å². The van der Waals surface area contributed by atoms with E-state index in [2.05, 4.69) is 13.8 Å². The number of benzene rings is 1. The maximum absolute atomic E-state index is 5.92. The van der Waals surface area contributed by atoms with Gasteiger partial charge in [-0.3, -0.25) is 0 Å². The first kappa shape index (κ1) is 12.2. The maximum atomic E-state index is 5.92. The van der Waals surface area contributed by atoms with Crippen LogP contribution in [0.25, 0.3) is 0 Å². The number of halogens is 1. The van der Waals surface area contributed by atoms with E-state index < -0.39 is 0 Å². The lowest BCUT2D eigenvalue weighted by Gasteiger charge is -2.23. The second kappa shape index (κ2) is 4.75. The van der Waals surface area contributed by atoms with Gasteiger partial charge in [0, 0.05) is 11.3 Å². The van der Waals surface area contributed by atoms with E-state index in [0.717, 1.165) is 17.1 Å². The summed E-state index contributed by atoms with van der Waals surface area (Å²) >= 11 is 5.92. The minimum atomic E-state index is -0.0545. The first-order valence-electron chi connectivity index (χ1n) is 4.83. The van der Waals surface area contributed by atoms with Crippen LogP contribution < -0.4 is 9.47 Å². The molecule has 0 N–H and O–H groups in total. The van der Waals surface area contributed by atoms with Crippen molar-refractivity contribution < 1.29 is 9.47 Å². The number of rotatable bonds is 4. The minimum absolute atomic E-state index is 0.0545. The van der Waals surface area contributed by atoms with E-state index in [9.17, 15) is 0 Å². The van der Waals surface area contributed by atoms with Crippen LogP contribution in [0.1, 0.15) is 19.4 Å². The van der Waals surface area contributed by atoms with Crippen LogP contribution in [0.15, 0.2) is 18.2 Å². The standard InChI is InChI=1S/C12H17ClO2/c1-12(2,8-13)9-5-6-10(14-3)11(7-9)15-4/h5-7H,8H2,1-4H3. The molecule has 0 saturated heterocycles. The molecule has 0 amide bonds. The Labute approximate surface area is 96.2 Å². The fraction of sp³-hybridized carbons (Fsp3) is 0.500. The van der Waals surface area contributed by atoms with Crippen LogP contribution >= 0.6 is 11.6 Å². The third kappa shape index (κ3) is 2.57. The van der Waals surface area contributed by atoms with E-state index in [4.69, 9.17) is 21.1 Å². The van der Waals surface area contributed by atoms with Crippen LogP contribution in [-0.2, 0) is 5.41 Å². The molecule has 0 unspecified atom stereocenters. The minimum Gasteiger partial charge on any atom is -0.493 e. The second-order valence-corrected chi connectivity index (χ2v) is 4.35. The van der Waals surface area contributed by atoms with Crippen LogP contribution in [0.5, 0.6) is 11.5 Å². The topological polar surface area (TPSA) is 18.5 Å². The monoisotopic (exact) mass is 228 g/mol. The third-order valence-corrected chi connectivity index (χ3v) is 3.17. The molecule has 0 aliphatic heterocycles. The van der Waals surface area contributed by atoms with Gasteiger partial charge in [0.1, 0.15) is 0 Å². The highest BCUT2D eigenvalue weighted by Crippen LogP contribution is 2.33. The summed E-state index contributed by atoms with van der Waals surface area (Å²) in [5.74, 6) is 2.06. The first-order valence-corrected chi connectivity index (χ1v) is 5.37. The zero-order chi connectivity index (χ0) is 11.5. The number of hydrogen-bond acceptors (Lipinski definition) is 2.